The predicted molar refractivity (Wildman–Crippen MR) is 137 cm³/mol. The Kier molecular flexibility index (Phi) is 8.04. The van der Waals surface area contributed by atoms with E-state index in [-0.39, 0.29) is 44.4 Å². The summed E-state index contributed by atoms with van der Waals surface area (Å²) in [6, 6.07) is 21.4. The molecule has 0 heterocycles. The van der Waals surface area contributed by atoms with Crippen molar-refractivity contribution >= 4 is 31.9 Å². The van der Waals surface area contributed by atoms with E-state index in [1.165, 1.54) is 0 Å². The summed E-state index contributed by atoms with van der Waals surface area (Å²) in [7, 11) is 0. The zero-order chi connectivity index (χ0) is 26.8. The lowest BCUT2D eigenvalue weighted by atomic mass is 9.98. The first-order valence-electron chi connectivity index (χ1n) is 11.0. The quantitative estimate of drug-likeness (QED) is 0.190. The van der Waals surface area contributed by atoms with Crippen molar-refractivity contribution in [3.63, 3.8) is 0 Å². The molecule has 4 aromatic rings. The lowest BCUT2D eigenvalue weighted by Crippen LogP contribution is -2.11. The van der Waals surface area contributed by atoms with Crippen LogP contribution in [0, 0.1) is 0 Å². The molecule has 0 aromatic heterocycles. The number of halogens is 8. The first kappa shape index (κ1) is 27.3. The fourth-order valence-electron chi connectivity index (χ4n) is 3.95. The van der Waals surface area contributed by atoms with Gasteiger partial charge < -0.3 is 4.74 Å². The Morgan fingerprint density at radius 2 is 0.865 bits per heavy atom. The topological polar surface area (TPSA) is 9.23 Å². The highest BCUT2D eigenvalue weighted by Gasteiger charge is 2.36. The number of hydrogen-bond donors (Lipinski definition) is 0. The molecule has 0 radical (unpaired) electrons. The van der Waals surface area contributed by atoms with Crippen LogP contribution in [0.1, 0.15) is 33.4 Å². The van der Waals surface area contributed by atoms with Crippen LogP contribution < -0.4 is 4.74 Å². The van der Waals surface area contributed by atoms with E-state index in [1.807, 2.05) is 0 Å². The maximum Gasteiger partial charge on any atom is 0.416 e. The van der Waals surface area contributed by atoms with Crippen molar-refractivity contribution in [2.24, 2.45) is 0 Å². The molecule has 37 heavy (non-hydrogen) atoms. The summed E-state index contributed by atoms with van der Waals surface area (Å²) in [5.74, 6) is 0.0927. The fourth-order valence-corrected chi connectivity index (χ4v) is 5.09. The summed E-state index contributed by atoms with van der Waals surface area (Å²) in [5, 5.41) is 0. The summed E-state index contributed by atoms with van der Waals surface area (Å²) in [5.41, 5.74) is -0.412. The van der Waals surface area contributed by atoms with Crippen molar-refractivity contribution in [2.75, 3.05) is 0 Å². The highest BCUT2D eigenvalue weighted by Crippen LogP contribution is 2.45. The minimum atomic E-state index is -4.61. The first-order chi connectivity index (χ1) is 17.4. The maximum atomic E-state index is 13.8. The smallest absolute Gasteiger partial charge is 0.416 e. The van der Waals surface area contributed by atoms with Crippen LogP contribution in [0.15, 0.2) is 93.9 Å². The molecule has 0 amide bonds. The molecule has 0 aliphatic rings. The monoisotopic (exact) mass is 642 g/mol. The Morgan fingerprint density at radius 1 is 0.514 bits per heavy atom. The SMILES string of the molecule is FC(F)(F)c1ccc(Oc2ccc(C(F)(F)F)c(Cc3ccccc3)c2Br)c(Br)c1Cc1ccccc1. The van der Waals surface area contributed by atoms with Gasteiger partial charge in [0, 0.05) is 0 Å². The van der Waals surface area contributed by atoms with E-state index < -0.39 is 23.5 Å². The number of rotatable bonds is 6. The average Bonchev–Trinajstić information content (AvgIpc) is 2.84. The number of hydrogen-bond acceptors (Lipinski definition) is 1. The second-order valence-electron chi connectivity index (χ2n) is 8.23. The molecule has 1 nitrogen and oxygen atoms in total. The normalized spacial score (nSPS) is 12.0. The molecule has 9 heteroatoms. The lowest BCUT2D eigenvalue weighted by molar-refractivity contribution is -0.139. The van der Waals surface area contributed by atoms with Crippen molar-refractivity contribution in [1.82, 2.24) is 0 Å². The molecule has 192 valence electrons. The molecule has 0 atom stereocenters. The number of benzene rings is 4. The van der Waals surface area contributed by atoms with Gasteiger partial charge in [-0.1, -0.05) is 60.7 Å². The Labute approximate surface area is 226 Å². The van der Waals surface area contributed by atoms with Crippen molar-refractivity contribution < 1.29 is 31.1 Å². The van der Waals surface area contributed by atoms with Gasteiger partial charge in [-0.15, -0.1) is 0 Å². The van der Waals surface area contributed by atoms with Crippen molar-refractivity contribution in [2.45, 2.75) is 25.2 Å². The minimum Gasteiger partial charge on any atom is -0.455 e. The van der Waals surface area contributed by atoms with Crippen LogP contribution in [0.25, 0.3) is 0 Å². The summed E-state index contributed by atoms with van der Waals surface area (Å²) in [6.45, 7) is 0. The second kappa shape index (κ2) is 10.9. The molecule has 0 N–H and O–H groups in total. The van der Waals surface area contributed by atoms with Crippen molar-refractivity contribution in [3.05, 3.63) is 127 Å². The van der Waals surface area contributed by atoms with Crippen LogP contribution >= 0.6 is 31.9 Å². The Balaban J connectivity index is 1.77. The number of alkyl halides is 6. The summed E-state index contributed by atoms with van der Waals surface area (Å²) in [4.78, 5) is 0. The molecule has 4 aromatic carbocycles. The lowest BCUT2D eigenvalue weighted by Gasteiger charge is -2.20. The van der Waals surface area contributed by atoms with Crippen molar-refractivity contribution in [1.29, 1.82) is 0 Å². The highest BCUT2D eigenvalue weighted by atomic mass is 79.9. The van der Waals surface area contributed by atoms with Gasteiger partial charge in [-0.2, -0.15) is 26.3 Å². The molecule has 0 aliphatic heterocycles. The second-order valence-corrected chi connectivity index (χ2v) is 9.82. The van der Waals surface area contributed by atoms with Crippen LogP contribution in [0.3, 0.4) is 0 Å². The zero-order valence-electron chi connectivity index (χ0n) is 18.9. The van der Waals surface area contributed by atoms with E-state index in [9.17, 15) is 26.3 Å². The van der Waals surface area contributed by atoms with E-state index in [0.717, 1.165) is 24.3 Å². The molecule has 0 fully saturated rings. The van der Waals surface area contributed by atoms with E-state index in [1.54, 1.807) is 60.7 Å². The van der Waals surface area contributed by atoms with Crippen LogP contribution in [0.2, 0.25) is 0 Å². The van der Waals surface area contributed by atoms with E-state index in [2.05, 4.69) is 31.9 Å². The molecule has 0 saturated carbocycles. The van der Waals surface area contributed by atoms with Gasteiger partial charge in [-0.05, 0) is 91.2 Å². The van der Waals surface area contributed by atoms with Crippen LogP contribution in [-0.2, 0) is 25.2 Å². The van der Waals surface area contributed by atoms with Gasteiger partial charge in [-0.3, -0.25) is 0 Å². The van der Waals surface area contributed by atoms with E-state index >= 15 is 0 Å². The molecule has 0 bridgehead atoms. The van der Waals surface area contributed by atoms with Crippen LogP contribution in [-0.4, -0.2) is 0 Å². The number of ether oxygens (including phenoxy) is 1. The molecule has 4 rings (SSSR count). The summed E-state index contributed by atoms with van der Waals surface area (Å²) >= 11 is 6.52. The Hall–Kier alpha value is -2.78. The average molecular weight is 644 g/mol. The molecule has 0 unspecified atom stereocenters. The van der Waals surface area contributed by atoms with Gasteiger partial charge in [-0.25, -0.2) is 0 Å². The van der Waals surface area contributed by atoms with Gasteiger partial charge in [0.2, 0.25) is 0 Å². The minimum absolute atomic E-state index is 0.0269. The fraction of sp³-hybridized carbons (Fsp3) is 0.143. The van der Waals surface area contributed by atoms with Crippen LogP contribution in [0.5, 0.6) is 11.5 Å². The largest absolute Gasteiger partial charge is 0.455 e. The third-order valence-electron chi connectivity index (χ3n) is 5.69. The molecule has 0 aliphatic carbocycles. The predicted octanol–water partition coefficient (Wildman–Crippen LogP) is 10.2. The molecular weight excluding hydrogens is 626 g/mol. The van der Waals surface area contributed by atoms with Gasteiger partial charge in [0.05, 0.1) is 20.1 Å². The third-order valence-corrected chi connectivity index (χ3v) is 7.43. The third kappa shape index (κ3) is 6.38. The standard InChI is InChI=1S/C28H18Br2F6O/c29-25-19(15-17-7-3-1-4-8-17)21(27(31,32)33)11-13-23(25)37-24-14-12-22(28(34,35)36)20(26(24)30)16-18-9-5-2-6-10-18/h1-14H,15-16H2. The summed E-state index contributed by atoms with van der Waals surface area (Å²) in [6.07, 6.45) is -9.27. The van der Waals surface area contributed by atoms with Gasteiger partial charge in [0.15, 0.2) is 0 Å². The van der Waals surface area contributed by atoms with E-state index in [4.69, 9.17) is 4.74 Å². The summed E-state index contributed by atoms with van der Waals surface area (Å²) < 4.78 is 88.8. The van der Waals surface area contributed by atoms with Gasteiger partial charge in [0.25, 0.3) is 0 Å². The Morgan fingerprint density at radius 3 is 1.19 bits per heavy atom. The maximum absolute atomic E-state index is 13.8. The van der Waals surface area contributed by atoms with Crippen LogP contribution in [0.4, 0.5) is 26.3 Å². The van der Waals surface area contributed by atoms with E-state index in [0.29, 0.717) is 11.1 Å². The molecule has 0 spiro atoms. The van der Waals surface area contributed by atoms with Crippen molar-refractivity contribution in [3.8, 4) is 11.5 Å². The van der Waals surface area contributed by atoms with Gasteiger partial charge in [0.1, 0.15) is 11.5 Å². The highest BCUT2D eigenvalue weighted by molar-refractivity contribution is 9.11. The first-order valence-corrected chi connectivity index (χ1v) is 12.6. The zero-order valence-corrected chi connectivity index (χ0v) is 22.1. The molecule has 0 saturated heterocycles. The van der Waals surface area contributed by atoms with Gasteiger partial charge >= 0.3 is 12.4 Å². The molecular formula is C28H18Br2F6O. The Bertz CT molecular complexity index is 1280.